The second-order valence-electron chi connectivity index (χ2n) is 7.27. The average molecular weight is 430 g/mol. The summed E-state index contributed by atoms with van der Waals surface area (Å²) in [5, 5.41) is 24.2. The second kappa shape index (κ2) is 8.58. The Morgan fingerprint density at radius 3 is 2.45 bits per heavy atom. The first-order valence-corrected chi connectivity index (χ1v) is 10.1. The predicted octanol–water partition coefficient (Wildman–Crippen LogP) is 7.48. The summed E-state index contributed by atoms with van der Waals surface area (Å²) < 4.78 is 0. The molecule has 0 unspecified atom stereocenters. The molecular formula is C25H20ClN3O2. The first-order chi connectivity index (χ1) is 14.9. The zero-order valence-electron chi connectivity index (χ0n) is 17.1. The van der Waals surface area contributed by atoms with Crippen LogP contribution in [0.4, 0.5) is 17.1 Å². The van der Waals surface area contributed by atoms with E-state index < -0.39 is 5.91 Å². The fraction of sp³-hybridized carbons (Fsp3) is 0.0800. The van der Waals surface area contributed by atoms with Crippen molar-refractivity contribution in [1.82, 2.24) is 0 Å². The number of benzene rings is 4. The van der Waals surface area contributed by atoms with Gasteiger partial charge in [0.25, 0.3) is 5.91 Å². The van der Waals surface area contributed by atoms with E-state index in [2.05, 4.69) is 15.5 Å². The quantitative estimate of drug-likeness (QED) is 0.330. The van der Waals surface area contributed by atoms with E-state index in [0.717, 1.165) is 16.5 Å². The maximum atomic E-state index is 13.0. The lowest BCUT2D eigenvalue weighted by Gasteiger charge is -2.13. The van der Waals surface area contributed by atoms with E-state index in [1.807, 2.05) is 56.3 Å². The van der Waals surface area contributed by atoms with Gasteiger partial charge in [0.2, 0.25) is 0 Å². The number of carbonyl (C=O) groups excluding carboxylic acids is 1. The smallest absolute Gasteiger partial charge is 0.259 e. The largest absolute Gasteiger partial charge is 0.505 e. The summed E-state index contributed by atoms with van der Waals surface area (Å²) in [4.78, 5) is 13.0. The van der Waals surface area contributed by atoms with Crippen LogP contribution in [0.2, 0.25) is 5.02 Å². The van der Waals surface area contributed by atoms with E-state index in [1.165, 1.54) is 0 Å². The van der Waals surface area contributed by atoms with Crippen molar-refractivity contribution in [2.24, 2.45) is 10.2 Å². The highest BCUT2D eigenvalue weighted by Gasteiger charge is 2.19. The van der Waals surface area contributed by atoms with Crippen LogP contribution in [-0.4, -0.2) is 11.0 Å². The third-order valence-electron chi connectivity index (χ3n) is 4.98. The molecule has 0 fully saturated rings. The number of hydrogen-bond acceptors (Lipinski definition) is 4. The van der Waals surface area contributed by atoms with Crippen molar-refractivity contribution < 1.29 is 9.90 Å². The van der Waals surface area contributed by atoms with E-state index in [9.17, 15) is 9.90 Å². The van der Waals surface area contributed by atoms with Gasteiger partial charge in [0.1, 0.15) is 11.4 Å². The molecule has 4 aromatic carbocycles. The molecule has 0 aliphatic carbocycles. The lowest BCUT2D eigenvalue weighted by Crippen LogP contribution is -2.13. The maximum Gasteiger partial charge on any atom is 0.259 e. The minimum Gasteiger partial charge on any atom is -0.505 e. The van der Waals surface area contributed by atoms with Gasteiger partial charge in [0, 0.05) is 11.1 Å². The molecule has 0 saturated carbocycles. The number of hydrogen-bond donors (Lipinski definition) is 2. The van der Waals surface area contributed by atoms with Crippen LogP contribution in [-0.2, 0) is 0 Å². The van der Waals surface area contributed by atoms with Crippen LogP contribution in [0.5, 0.6) is 5.75 Å². The molecule has 5 nitrogen and oxygen atoms in total. The summed E-state index contributed by atoms with van der Waals surface area (Å²) in [5.41, 5.74) is 3.52. The topological polar surface area (TPSA) is 74.0 Å². The van der Waals surface area contributed by atoms with Crippen LogP contribution < -0.4 is 5.32 Å². The Labute approximate surface area is 185 Å². The highest BCUT2D eigenvalue weighted by atomic mass is 35.5. The molecule has 154 valence electrons. The molecule has 0 aromatic heterocycles. The highest BCUT2D eigenvalue weighted by Crippen LogP contribution is 2.40. The summed E-state index contributed by atoms with van der Waals surface area (Å²) >= 11 is 6.17. The normalized spacial score (nSPS) is 11.2. The zero-order valence-corrected chi connectivity index (χ0v) is 17.8. The van der Waals surface area contributed by atoms with Gasteiger partial charge in [-0.1, -0.05) is 65.7 Å². The number of phenolic OH excluding ortho intramolecular Hbond substituents is 1. The Morgan fingerprint density at radius 2 is 1.68 bits per heavy atom. The van der Waals surface area contributed by atoms with Crippen LogP contribution in [0.3, 0.4) is 0 Å². The molecule has 0 radical (unpaired) electrons. The summed E-state index contributed by atoms with van der Waals surface area (Å²) in [6.07, 6.45) is 0. The highest BCUT2D eigenvalue weighted by molar-refractivity contribution is 6.32. The molecule has 0 heterocycles. The van der Waals surface area contributed by atoms with Crippen LogP contribution in [0.15, 0.2) is 83.0 Å². The van der Waals surface area contributed by atoms with Gasteiger partial charge in [-0.15, -0.1) is 10.2 Å². The summed E-state index contributed by atoms with van der Waals surface area (Å²) in [6.45, 7) is 3.91. The fourth-order valence-corrected chi connectivity index (χ4v) is 3.55. The SMILES string of the molecule is Cc1ccc(NC(=O)c2cc3ccccc3c(N=Nc3ccccc3Cl)c2O)c(C)c1. The predicted molar refractivity (Wildman–Crippen MR) is 125 cm³/mol. The number of aryl methyl sites for hydroxylation is 2. The van der Waals surface area contributed by atoms with E-state index in [-0.39, 0.29) is 17.0 Å². The molecule has 4 aromatic rings. The van der Waals surface area contributed by atoms with Gasteiger partial charge < -0.3 is 10.4 Å². The van der Waals surface area contributed by atoms with Gasteiger partial charge in [-0.25, -0.2) is 0 Å². The Kier molecular flexibility index (Phi) is 5.69. The lowest BCUT2D eigenvalue weighted by atomic mass is 10.0. The molecule has 0 aliphatic rings. The van der Waals surface area contributed by atoms with Gasteiger partial charge in [-0.05, 0) is 49.1 Å². The maximum absolute atomic E-state index is 13.0. The van der Waals surface area contributed by atoms with Crippen molar-refractivity contribution in [3.8, 4) is 5.75 Å². The molecule has 0 bridgehead atoms. The zero-order chi connectivity index (χ0) is 22.0. The molecule has 2 N–H and O–H groups in total. The standard InChI is InChI=1S/C25H20ClN3O2/c1-15-11-12-21(16(2)13-15)27-25(31)19-14-17-7-3-4-8-18(17)23(24(19)30)29-28-22-10-6-5-9-20(22)26/h3-14,30H,1-2H3,(H,27,31). The molecule has 0 saturated heterocycles. The Morgan fingerprint density at radius 1 is 0.935 bits per heavy atom. The molecule has 6 heteroatoms. The van der Waals surface area contributed by atoms with E-state index in [4.69, 9.17) is 11.6 Å². The molecule has 1 amide bonds. The number of aromatic hydroxyl groups is 1. The third kappa shape index (κ3) is 4.27. The van der Waals surface area contributed by atoms with Gasteiger partial charge in [-0.3, -0.25) is 4.79 Å². The number of phenols is 1. The summed E-state index contributed by atoms with van der Waals surface area (Å²) in [7, 11) is 0. The molecule has 0 spiro atoms. The fourth-order valence-electron chi connectivity index (χ4n) is 3.37. The van der Waals surface area contributed by atoms with Gasteiger partial charge in [0.05, 0.1) is 10.6 Å². The first-order valence-electron chi connectivity index (χ1n) is 9.73. The molecule has 0 aliphatic heterocycles. The molecule has 4 rings (SSSR count). The molecule has 31 heavy (non-hydrogen) atoms. The lowest BCUT2D eigenvalue weighted by molar-refractivity contribution is 0.102. The number of nitrogens with zero attached hydrogens (tertiary/aromatic N) is 2. The number of azo groups is 1. The van der Waals surface area contributed by atoms with Gasteiger partial charge >= 0.3 is 0 Å². The van der Waals surface area contributed by atoms with Gasteiger partial charge in [-0.2, -0.15) is 0 Å². The van der Waals surface area contributed by atoms with Crippen molar-refractivity contribution in [2.45, 2.75) is 13.8 Å². The Bertz CT molecular complexity index is 1330. The van der Waals surface area contributed by atoms with Crippen molar-refractivity contribution in [1.29, 1.82) is 0 Å². The number of nitrogens with one attached hydrogen (secondary N) is 1. The number of anilines is 1. The summed E-state index contributed by atoms with van der Waals surface area (Å²) in [5.74, 6) is -0.666. The van der Waals surface area contributed by atoms with Gasteiger partial charge in [0.15, 0.2) is 5.75 Å². The summed E-state index contributed by atoms with van der Waals surface area (Å²) in [6, 6.07) is 21.8. The van der Waals surface area contributed by atoms with Crippen LogP contribution in [0, 0.1) is 13.8 Å². The van der Waals surface area contributed by atoms with Crippen LogP contribution in [0.1, 0.15) is 21.5 Å². The Balaban J connectivity index is 1.79. The van der Waals surface area contributed by atoms with Crippen molar-refractivity contribution >= 4 is 45.3 Å². The number of halogens is 1. The second-order valence-corrected chi connectivity index (χ2v) is 7.67. The van der Waals surface area contributed by atoms with Crippen LogP contribution >= 0.6 is 11.6 Å². The number of rotatable bonds is 4. The monoisotopic (exact) mass is 429 g/mol. The number of fused-ring (bicyclic) bond motifs is 1. The van der Waals surface area contributed by atoms with Crippen molar-refractivity contribution in [3.63, 3.8) is 0 Å². The third-order valence-corrected chi connectivity index (χ3v) is 5.30. The number of amides is 1. The minimum absolute atomic E-state index is 0.117. The first kappa shape index (κ1) is 20.6. The average Bonchev–Trinajstić information content (AvgIpc) is 2.75. The number of carbonyl (C=O) groups is 1. The van der Waals surface area contributed by atoms with E-state index in [1.54, 1.807) is 30.3 Å². The van der Waals surface area contributed by atoms with Crippen molar-refractivity contribution in [2.75, 3.05) is 5.32 Å². The molecular weight excluding hydrogens is 410 g/mol. The van der Waals surface area contributed by atoms with Crippen molar-refractivity contribution in [3.05, 3.63) is 94.5 Å². The minimum atomic E-state index is -0.426. The van der Waals surface area contributed by atoms with E-state index >= 15 is 0 Å². The van der Waals surface area contributed by atoms with E-state index in [0.29, 0.717) is 21.8 Å². The Hall–Kier alpha value is -3.70. The van der Waals surface area contributed by atoms with Crippen LogP contribution in [0.25, 0.3) is 10.8 Å². The molecule has 0 atom stereocenters.